The topological polar surface area (TPSA) is 95.6 Å². The van der Waals surface area contributed by atoms with Gasteiger partial charge in [-0.15, -0.1) is 0 Å². The van der Waals surface area contributed by atoms with Gasteiger partial charge < -0.3 is 10.2 Å². The Morgan fingerprint density at radius 2 is 1.81 bits per heavy atom. The Bertz CT molecular complexity index is 988. The number of piperidine rings is 1. The van der Waals surface area contributed by atoms with Crippen molar-refractivity contribution in [3.8, 4) is 0 Å². The van der Waals surface area contributed by atoms with Crippen LogP contribution in [0.15, 0.2) is 12.1 Å². The summed E-state index contributed by atoms with van der Waals surface area (Å²) in [6.45, 7) is -0.321. The number of carbonyl (C=O) groups excluding carboxylic acids is 4. The van der Waals surface area contributed by atoms with Crippen LogP contribution in [-0.4, -0.2) is 46.8 Å². The van der Waals surface area contributed by atoms with Crippen molar-refractivity contribution < 1.29 is 36.7 Å². The van der Waals surface area contributed by atoms with Crippen LogP contribution in [0.3, 0.4) is 0 Å². The van der Waals surface area contributed by atoms with E-state index in [1.165, 1.54) is 6.07 Å². The van der Waals surface area contributed by atoms with Crippen molar-refractivity contribution in [2.24, 2.45) is 5.92 Å². The second-order valence-electron chi connectivity index (χ2n) is 8.39. The summed E-state index contributed by atoms with van der Waals surface area (Å²) in [4.78, 5) is 49.8. The van der Waals surface area contributed by atoms with Crippen LogP contribution in [-0.2, 0) is 16.1 Å². The second-order valence-corrected chi connectivity index (χ2v) is 8.39. The molecular weight excluding hydrogens is 434 g/mol. The van der Waals surface area contributed by atoms with Crippen LogP contribution in [0.5, 0.6) is 0 Å². The number of halogens is 4. The number of fused-ring (bicyclic) bond motifs is 1. The summed E-state index contributed by atoms with van der Waals surface area (Å²) in [5.41, 5.74) is -0.808. The van der Waals surface area contributed by atoms with E-state index in [2.05, 4.69) is 5.32 Å². The van der Waals surface area contributed by atoms with Crippen molar-refractivity contribution in [1.82, 2.24) is 15.5 Å². The molecule has 7 nitrogen and oxygen atoms in total. The molecule has 2 heterocycles. The van der Waals surface area contributed by atoms with Crippen molar-refractivity contribution in [3.63, 3.8) is 0 Å². The standard InChI is InChI=1S/C21H21F4N3O4/c22-16-12(18(30)27-17(21(23,24)25)10-3-1-2-4-10)6-5-11-13(16)9-28(20(11)32)14-7-8-15(29)26-19(14)31/h5-6,10,14,17H,1-4,7-9H2,(H,27,30)(H,26,29,31). The average molecular weight is 455 g/mol. The van der Waals surface area contributed by atoms with Gasteiger partial charge in [0.15, 0.2) is 0 Å². The molecule has 0 bridgehead atoms. The molecule has 2 N–H and O–H groups in total. The van der Waals surface area contributed by atoms with E-state index in [9.17, 15) is 32.3 Å². The van der Waals surface area contributed by atoms with E-state index in [1.54, 1.807) is 0 Å². The zero-order valence-corrected chi connectivity index (χ0v) is 16.9. The van der Waals surface area contributed by atoms with E-state index >= 15 is 4.39 Å². The lowest BCUT2D eigenvalue weighted by molar-refractivity contribution is -0.164. The van der Waals surface area contributed by atoms with Gasteiger partial charge in [-0.05, 0) is 37.3 Å². The smallest absolute Gasteiger partial charge is 0.340 e. The molecule has 0 spiro atoms. The van der Waals surface area contributed by atoms with Gasteiger partial charge in [-0.2, -0.15) is 13.2 Å². The number of carbonyl (C=O) groups is 4. The molecule has 4 amide bonds. The number of hydrogen-bond acceptors (Lipinski definition) is 4. The van der Waals surface area contributed by atoms with Crippen molar-refractivity contribution >= 4 is 23.6 Å². The number of nitrogens with one attached hydrogen (secondary N) is 2. The van der Waals surface area contributed by atoms with Crippen molar-refractivity contribution in [3.05, 3.63) is 34.6 Å². The molecule has 172 valence electrons. The summed E-state index contributed by atoms with van der Waals surface area (Å²) < 4.78 is 55.7. The zero-order valence-electron chi connectivity index (χ0n) is 16.9. The van der Waals surface area contributed by atoms with Gasteiger partial charge in [-0.3, -0.25) is 24.5 Å². The molecule has 1 aromatic carbocycles. The summed E-state index contributed by atoms with van der Waals surface area (Å²) in [6.07, 6.45) is -2.65. The Kier molecular flexibility index (Phi) is 5.68. The van der Waals surface area contributed by atoms with E-state index in [0.29, 0.717) is 25.7 Å². The third kappa shape index (κ3) is 3.95. The largest absolute Gasteiger partial charge is 0.408 e. The number of rotatable bonds is 4. The minimum Gasteiger partial charge on any atom is -0.340 e. The molecule has 2 fully saturated rings. The highest BCUT2D eigenvalue weighted by atomic mass is 19.4. The van der Waals surface area contributed by atoms with Crippen LogP contribution >= 0.6 is 0 Å². The van der Waals surface area contributed by atoms with Gasteiger partial charge in [-0.1, -0.05) is 12.8 Å². The maximum atomic E-state index is 15.1. The fraction of sp³-hybridized carbons (Fsp3) is 0.524. The summed E-state index contributed by atoms with van der Waals surface area (Å²) in [7, 11) is 0. The molecule has 2 unspecified atom stereocenters. The first-order chi connectivity index (χ1) is 15.1. The first kappa shape index (κ1) is 22.2. The average Bonchev–Trinajstić information content (AvgIpc) is 3.35. The fourth-order valence-electron chi connectivity index (χ4n) is 4.76. The first-order valence-electron chi connectivity index (χ1n) is 10.4. The van der Waals surface area contributed by atoms with Crippen LogP contribution < -0.4 is 10.6 Å². The molecule has 3 aliphatic rings. The number of alkyl halides is 3. The lowest BCUT2D eigenvalue weighted by Crippen LogP contribution is -2.52. The van der Waals surface area contributed by atoms with Crippen molar-refractivity contribution in [1.29, 1.82) is 0 Å². The molecule has 2 aliphatic heterocycles. The quantitative estimate of drug-likeness (QED) is 0.539. The van der Waals surface area contributed by atoms with E-state index in [0.717, 1.165) is 11.0 Å². The SMILES string of the molecule is O=C1CCC(N2Cc3c(ccc(C(=O)NC(C4CCCC4)C(F)(F)F)c3F)C2=O)C(=O)N1. The first-order valence-corrected chi connectivity index (χ1v) is 10.4. The van der Waals surface area contributed by atoms with Gasteiger partial charge in [-0.25, -0.2) is 4.39 Å². The maximum Gasteiger partial charge on any atom is 0.408 e. The predicted octanol–water partition coefficient (Wildman–Crippen LogP) is 2.44. The van der Waals surface area contributed by atoms with Crippen molar-refractivity contribution in [2.45, 2.75) is 63.3 Å². The highest BCUT2D eigenvalue weighted by molar-refractivity contribution is 6.06. The van der Waals surface area contributed by atoms with Gasteiger partial charge in [0.2, 0.25) is 11.8 Å². The summed E-state index contributed by atoms with van der Waals surface area (Å²) in [5.74, 6) is -4.84. The van der Waals surface area contributed by atoms with E-state index in [4.69, 9.17) is 0 Å². The Labute approximate surface area is 180 Å². The predicted molar refractivity (Wildman–Crippen MR) is 102 cm³/mol. The number of imide groups is 1. The monoisotopic (exact) mass is 455 g/mol. The molecule has 32 heavy (non-hydrogen) atoms. The lowest BCUT2D eigenvalue weighted by atomic mass is 9.96. The van der Waals surface area contributed by atoms with Crippen molar-refractivity contribution in [2.75, 3.05) is 0 Å². The third-order valence-electron chi connectivity index (χ3n) is 6.40. The Hall–Kier alpha value is -2.98. The Morgan fingerprint density at radius 1 is 1.12 bits per heavy atom. The van der Waals surface area contributed by atoms with Gasteiger partial charge in [0, 0.05) is 17.5 Å². The molecule has 11 heteroatoms. The number of hydrogen-bond donors (Lipinski definition) is 2. The fourth-order valence-corrected chi connectivity index (χ4v) is 4.76. The third-order valence-corrected chi connectivity index (χ3v) is 6.40. The van der Waals surface area contributed by atoms with Crippen LogP contribution in [0.1, 0.15) is 64.8 Å². The molecular formula is C21H21F4N3O4. The molecule has 4 rings (SSSR count). The maximum absolute atomic E-state index is 15.1. The zero-order chi connectivity index (χ0) is 23.2. The summed E-state index contributed by atoms with van der Waals surface area (Å²) >= 11 is 0. The summed E-state index contributed by atoms with van der Waals surface area (Å²) in [6, 6.07) is -0.884. The van der Waals surface area contributed by atoms with Gasteiger partial charge >= 0.3 is 6.18 Å². The minimum absolute atomic E-state index is 0.0205. The molecule has 0 radical (unpaired) electrons. The van der Waals surface area contributed by atoms with Gasteiger partial charge in [0.1, 0.15) is 17.9 Å². The van der Waals surface area contributed by atoms with E-state index < -0.39 is 59.2 Å². The minimum atomic E-state index is -4.67. The molecule has 1 saturated heterocycles. The lowest BCUT2D eigenvalue weighted by Gasteiger charge is -2.29. The van der Waals surface area contributed by atoms with Crippen LogP contribution in [0.4, 0.5) is 17.6 Å². The normalized spacial score (nSPS) is 22.7. The van der Waals surface area contributed by atoms with Gasteiger partial charge in [0.25, 0.3) is 11.8 Å². The highest BCUT2D eigenvalue weighted by Gasteiger charge is 2.47. The highest BCUT2D eigenvalue weighted by Crippen LogP contribution is 2.36. The number of amides is 4. The second kappa shape index (κ2) is 8.18. The molecule has 0 aromatic heterocycles. The summed E-state index contributed by atoms with van der Waals surface area (Å²) in [5, 5.41) is 4.06. The van der Waals surface area contributed by atoms with Crippen LogP contribution in [0, 0.1) is 11.7 Å². The Balaban J connectivity index is 1.56. The number of nitrogens with zero attached hydrogens (tertiary/aromatic N) is 1. The molecule has 1 aromatic rings. The molecule has 2 atom stereocenters. The van der Waals surface area contributed by atoms with E-state index in [1.807, 2.05) is 5.32 Å². The molecule has 1 aliphatic carbocycles. The number of benzene rings is 1. The molecule has 1 saturated carbocycles. The van der Waals surface area contributed by atoms with E-state index in [-0.39, 0.29) is 30.5 Å². The Morgan fingerprint density at radius 3 is 2.44 bits per heavy atom. The van der Waals surface area contributed by atoms with Crippen LogP contribution in [0.25, 0.3) is 0 Å². The van der Waals surface area contributed by atoms with Crippen LogP contribution in [0.2, 0.25) is 0 Å². The van der Waals surface area contributed by atoms with Gasteiger partial charge in [0.05, 0.1) is 12.1 Å².